The van der Waals surface area contributed by atoms with Crippen LogP contribution in [0.25, 0.3) is 11.0 Å². The minimum atomic E-state index is -1.05. The van der Waals surface area contributed by atoms with Gasteiger partial charge in [0, 0.05) is 6.07 Å². The van der Waals surface area contributed by atoms with Crippen molar-refractivity contribution >= 4 is 40.2 Å². The van der Waals surface area contributed by atoms with Gasteiger partial charge in [-0.2, -0.15) is 0 Å². The second-order valence-electron chi connectivity index (χ2n) is 6.22. The predicted molar refractivity (Wildman–Crippen MR) is 112 cm³/mol. The molecule has 1 atom stereocenters. The molecule has 0 aliphatic carbocycles. The van der Waals surface area contributed by atoms with Gasteiger partial charge >= 0.3 is 5.97 Å². The molecule has 0 bridgehead atoms. The van der Waals surface area contributed by atoms with E-state index in [1.165, 1.54) is 26.5 Å². The maximum absolute atomic E-state index is 12.7. The van der Waals surface area contributed by atoms with Crippen molar-refractivity contribution in [3.05, 3.63) is 53.3 Å². The number of esters is 1. The van der Waals surface area contributed by atoms with Crippen molar-refractivity contribution in [1.82, 2.24) is 9.97 Å². The molecule has 1 unspecified atom stereocenters. The van der Waals surface area contributed by atoms with E-state index >= 15 is 0 Å². The van der Waals surface area contributed by atoms with Crippen molar-refractivity contribution < 1.29 is 23.8 Å². The molecule has 3 rings (SSSR count). The predicted octanol–water partition coefficient (Wildman–Crippen LogP) is 3.87. The van der Waals surface area contributed by atoms with Crippen LogP contribution in [-0.4, -0.2) is 42.2 Å². The molecular formula is C21H20ClN3O5. The molecule has 1 amide bonds. The van der Waals surface area contributed by atoms with Crippen LogP contribution in [0, 0.1) is 0 Å². The molecule has 0 radical (unpaired) electrons. The van der Waals surface area contributed by atoms with Crippen LogP contribution >= 0.6 is 11.6 Å². The molecule has 0 spiro atoms. The molecule has 1 heterocycles. The number of aromatic nitrogens is 2. The summed E-state index contributed by atoms with van der Waals surface area (Å²) in [5, 5.41) is 2.97. The number of ether oxygens (including phenoxy) is 3. The first-order chi connectivity index (χ1) is 14.5. The number of hydrogen-bond donors (Lipinski definition) is 1. The maximum atomic E-state index is 12.7. The number of carbonyl (C=O) groups excluding carboxylic acids is 2. The van der Waals surface area contributed by atoms with Crippen molar-refractivity contribution in [2.45, 2.75) is 19.4 Å². The van der Waals surface area contributed by atoms with E-state index in [9.17, 15) is 9.59 Å². The van der Waals surface area contributed by atoms with Gasteiger partial charge in [0.15, 0.2) is 11.8 Å². The molecule has 0 fully saturated rings. The Morgan fingerprint density at radius 3 is 2.47 bits per heavy atom. The summed E-state index contributed by atoms with van der Waals surface area (Å²) < 4.78 is 15.8. The van der Waals surface area contributed by atoms with E-state index in [0.717, 1.165) is 0 Å². The van der Waals surface area contributed by atoms with E-state index < -0.39 is 18.0 Å². The van der Waals surface area contributed by atoms with Gasteiger partial charge in [-0.25, -0.2) is 9.78 Å². The van der Waals surface area contributed by atoms with Crippen molar-refractivity contribution in [2.75, 3.05) is 19.5 Å². The first-order valence-electron chi connectivity index (χ1n) is 9.12. The van der Waals surface area contributed by atoms with Gasteiger partial charge in [0.1, 0.15) is 11.5 Å². The van der Waals surface area contributed by atoms with E-state index in [1.54, 1.807) is 31.2 Å². The second-order valence-corrected chi connectivity index (χ2v) is 6.63. The molecule has 0 aliphatic heterocycles. The van der Waals surface area contributed by atoms with Crippen LogP contribution in [-0.2, 0) is 9.53 Å². The van der Waals surface area contributed by atoms with Crippen LogP contribution in [0.1, 0.15) is 23.8 Å². The highest BCUT2D eigenvalue weighted by Gasteiger charge is 2.24. The third kappa shape index (κ3) is 4.60. The van der Waals surface area contributed by atoms with Gasteiger partial charge in [0.2, 0.25) is 0 Å². The van der Waals surface area contributed by atoms with Crippen LogP contribution in [0.5, 0.6) is 11.5 Å². The van der Waals surface area contributed by atoms with E-state index in [4.69, 9.17) is 25.8 Å². The third-order valence-corrected chi connectivity index (χ3v) is 4.60. The number of rotatable bonds is 7. The summed E-state index contributed by atoms with van der Waals surface area (Å²) in [6.07, 6.45) is 0.531. The van der Waals surface area contributed by atoms with Crippen molar-refractivity contribution in [3.63, 3.8) is 0 Å². The summed E-state index contributed by atoms with van der Waals surface area (Å²) in [5.74, 6) is -0.514. The van der Waals surface area contributed by atoms with Gasteiger partial charge in [-0.05, 0) is 24.6 Å². The highest BCUT2D eigenvalue weighted by molar-refractivity contribution is 6.32. The molecule has 30 heavy (non-hydrogen) atoms. The summed E-state index contributed by atoms with van der Waals surface area (Å²) in [6.45, 7) is 1.72. The van der Waals surface area contributed by atoms with E-state index in [1.807, 2.05) is 6.07 Å². The number of fused-ring (bicyclic) bond motifs is 1. The zero-order chi connectivity index (χ0) is 21.7. The van der Waals surface area contributed by atoms with Gasteiger partial charge in [-0.1, -0.05) is 30.7 Å². The van der Waals surface area contributed by atoms with Crippen LogP contribution < -0.4 is 14.8 Å². The number of methoxy groups -OCH3 is 2. The molecule has 1 N–H and O–H groups in total. The van der Waals surface area contributed by atoms with Crippen LogP contribution in [0.3, 0.4) is 0 Å². The number of hydrogen-bond acceptors (Lipinski definition) is 7. The maximum Gasteiger partial charge on any atom is 0.359 e. The topological polar surface area (TPSA) is 99.6 Å². The van der Waals surface area contributed by atoms with Crippen molar-refractivity contribution in [3.8, 4) is 11.5 Å². The Morgan fingerprint density at radius 2 is 1.80 bits per heavy atom. The number of halogens is 1. The number of carbonyl (C=O) groups is 2. The SMILES string of the molecule is CCC(OC(=O)c1cnc2ccccc2n1)C(=O)Nc1cc(Cl)c(OC)cc1OC. The highest BCUT2D eigenvalue weighted by Crippen LogP contribution is 2.36. The average molecular weight is 430 g/mol. The number of anilines is 1. The molecule has 2 aromatic carbocycles. The molecule has 156 valence electrons. The Bertz CT molecular complexity index is 1090. The molecular weight excluding hydrogens is 410 g/mol. The average Bonchev–Trinajstić information content (AvgIpc) is 2.77. The lowest BCUT2D eigenvalue weighted by Gasteiger charge is -2.18. The van der Waals surface area contributed by atoms with Gasteiger partial charge < -0.3 is 19.5 Å². The fourth-order valence-corrected chi connectivity index (χ4v) is 2.98. The smallest absolute Gasteiger partial charge is 0.359 e. The van der Waals surface area contributed by atoms with Gasteiger partial charge in [-0.15, -0.1) is 0 Å². The first kappa shape index (κ1) is 21.3. The molecule has 0 saturated carbocycles. The zero-order valence-electron chi connectivity index (χ0n) is 16.6. The fourth-order valence-electron chi connectivity index (χ4n) is 2.74. The number of amides is 1. The molecule has 0 saturated heterocycles. The van der Waals surface area contributed by atoms with Crippen molar-refractivity contribution in [1.29, 1.82) is 0 Å². The van der Waals surface area contributed by atoms with Gasteiger partial charge in [0.05, 0.1) is 42.2 Å². The van der Waals surface area contributed by atoms with Gasteiger partial charge in [0.25, 0.3) is 5.91 Å². The van der Waals surface area contributed by atoms with E-state index in [-0.39, 0.29) is 12.1 Å². The largest absolute Gasteiger partial charge is 0.495 e. The Balaban J connectivity index is 1.76. The highest BCUT2D eigenvalue weighted by atomic mass is 35.5. The summed E-state index contributed by atoms with van der Waals surface area (Å²) in [6, 6.07) is 10.2. The lowest BCUT2D eigenvalue weighted by atomic mass is 10.2. The van der Waals surface area contributed by atoms with Crippen LogP contribution in [0.4, 0.5) is 5.69 Å². The minimum absolute atomic E-state index is 0.0185. The summed E-state index contributed by atoms with van der Waals surface area (Å²) in [5.41, 5.74) is 1.56. The van der Waals surface area contributed by atoms with Crippen LogP contribution in [0.15, 0.2) is 42.6 Å². The number of nitrogens with zero attached hydrogens (tertiary/aromatic N) is 2. The summed E-state index contributed by atoms with van der Waals surface area (Å²) in [4.78, 5) is 33.6. The number of nitrogens with one attached hydrogen (secondary N) is 1. The lowest BCUT2D eigenvalue weighted by molar-refractivity contribution is -0.124. The Hall–Kier alpha value is -3.39. The Kier molecular flexibility index (Phi) is 6.68. The third-order valence-electron chi connectivity index (χ3n) is 4.30. The van der Waals surface area contributed by atoms with E-state index in [0.29, 0.717) is 33.2 Å². The molecule has 3 aromatic rings. The Labute approximate surface area is 178 Å². The number of benzene rings is 2. The number of para-hydroxylation sites is 2. The van der Waals surface area contributed by atoms with Crippen LogP contribution in [0.2, 0.25) is 5.02 Å². The summed E-state index contributed by atoms with van der Waals surface area (Å²) >= 11 is 6.14. The molecule has 0 aliphatic rings. The Morgan fingerprint density at radius 1 is 1.10 bits per heavy atom. The summed E-state index contributed by atoms with van der Waals surface area (Å²) in [7, 11) is 2.93. The fraction of sp³-hybridized carbons (Fsp3) is 0.238. The lowest BCUT2D eigenvalue weighted by Crippen LogP contribution is -2.32. The van der Waals surface area contributed by atoms with Gasteiger partial charge in [-0.3, -0.25) is 9.78 Å². The molecule has 8 nitrogen and oxygen atoms in total. The van der Waals surface area contributed by atoms with E-state index in [2.05, 4.69) is 15.3 Å². The molecule has 1 aromatic heterocycles. The van der Waals surface area contributed by atoms with Crippen molar-refractivity contribution in [2.24, 2.45) is 0 Å². The molecule has 9 heteroatoms. The zero-order valence-corrected chi connectivity index (χ0v) is 17.4. The monoisotopic (exact) mass is 429 g/mol. The quantitative estimate of drug-likeness (QED) is 0.569. The first-order valence-corrected chi connectivity index (χ1v) is 9.49. The standard InChI is InChI=1S/C21H20ClN3O5/c1-4-17(20(26)25-15-9-12(22)18(28-2)10-19(15)29-3)30-21(27)16-11-23-13-7-5-6-8-14(13)24-16/h5-11,17H,4H2,1-3H3,(H,25,26). The second kappa shape index (κ2) is 9.41. The normalized spacial score (nSPS) is 11.6. The minimum Gasteiger partial charge on any atom is -0.495 e.